The lowest BCUT2D eigenvalue weighted by Crippen LogP contribution is -2.28. The summed E-state index contributed by atoms with van der Waals surface area (Å²) >= 11 is 0. The van der Waals surface area contributed by atoms with Gasteiger partial charge in [-0.25, -0.2) is 0 Å². The molecular weight excluding hydrogens is 218 g/mol. The topological polar surface area (TPSA) is 69.3 Å². The van der Waals surface area contributed by atoms with Crippen LogP contribution in [-0.4, -0.2) is 16.7 Å². The molecule has 0 aliphatic heterocycles. The van der Waals surface area contributed by atoms with E-state index in [2.05, 4.69) is 6.58 Å². The number of nitriles is 1. The number of anilines is 1. The first-order valence-electron chi connectivity index (χ1n) is 5.21. The van der Waals surface area contributed by atoms with E-state index < -0.39 is 0 Å². The van der Waals surface area contributed by atoms with Gasteiger partial charge in [0.05, 0.1) is 0 Å². The van der Waals surface area contributed by atoms with Gasteiger partial charge in [-0.3, -0.25) is 9.36 Å². The highest BCUT2D eigenvalue weighted by atomic mass is 16.3. The summed E-state index contributed by atoms with van der Waals surface area (Å²) in [6, 6.07) is 1.91. The molecular formula is C12H15N3O2. The highest BCUT2D eigenvalue weighted by Crippen LogP contribution is 2.25. The Kier molecular flexibility index (Phi) is 3.59. The lowest BCUT2D eigenvalue weighted by molar-refractivity contribution is 0.409. The SMILES string of the molecule is C=CN(C)c1c(C)c(C#N)c(O)n(CC)c1=O. The van der Waals surface area contributed by atoms with Crippen LogP contribution in [0.2, 0.25) is 0 Å². The molecule has 0 amide bonds. The van der Waals surface area contributed by atoms with Gasteiger partial charge in [0.2, 0.25) is 5.88 Å². The van der Waals surface area contributed by atoms with Crippen molar-refractivity contribution in [3.63, 3.8) is 0 Å². The van der Waals surface area contributed by atoms with Crippen molar-refractivity contribution in [2.45, 2.75) is 20.4 Å². The van der Waals surface area contributed by atoms with Gasteiger partial charge in [-0.15, -0.1) is 0 Å². The first kappa shape index (κ1) is 12.8. The standard InChI is InChI=1S/C12H15N3O2/c1-5-14(4)10-8(3)9(7-13)11(16)15(6-2)12(10)17/h5,16H,1,6H2,2-4H3. The number of hydrogen-bond acceptors (Lipinski definition) is 4. The second-order valence-electron chi connectivity index (χ2n) is 3.63. The van der Waals surface area contributed by atoms with Crippen molar-refractivity contribution < 1.29 is 5.11 Å². The fourth-order valence-corrected chi connectivity index (χ4v) is 1.74. The summed E-state index contributed by atoms with van der Waals surface area (Å²) in [7, 11) is 1.68. The van der Waals surface area contributed by atoms with Gasteiger partial charge in [0, 0.05) is 19.2 Å². The average molecular weight is 233 g/mol. The minimum atomic E-state index is -0.330. The van der Waals surface area contributed by atoms with Crippen molar-refractivity contribution in [2.24, 2.45) is 0 Å². The van der Waals surface area contributed by atoms with Crippen LogP contribution >= 0.6 is 0 Å². The number of pyridine rings is 1. The van der Waals surface area contributed by atoms with E-state index in [1.165, 1.54) is 10.8 Å². The van der Waals surface area contributed by atoms with E-state index in [0.29, 0.717) is 17.8 Å². The molecule has 1 aromatic heterocycles. The quantitative estimate of drug-likeness (QED) is 0.855. The average Bonchev–Trinajstić information content (AvgIpc) is 2.29. The highest BCUT2D eigenvalue weighted by molar-refractivity contribution is 5.61. The van der Waals surface area contributed by atoms with E-state index in [1.54, 1.807) is 25.8 Å². The second-order valence-corrected chi connectivity index (χ2v) is 3.63. The van der Waals surface area contributed by atoms with Crippen molar-refractivity contribution >= 4 is 5.69 Å². The number of hydrogen-bond donors (Lipinski definition) is 1. The van der Waals surface area contributed by atoms with Gasteiger partial charge in [0.1, 0.15) is 17.3 Å². The molecule has 0 unspecified atom stereocenters. The minimum Gasteiger partial charge on any atom is -0.493 e. The molecule has 17 heavy (non-hydrogen) atoms. The first-order valence-corrected chi connectivity index (χ1v) is 5.21. The van der Waals surface area contributed by atoms with Crippen LogP contribution < -0.4 is 10.5 Å². The van der Waals surface area contributed by atoms with Crippen LogP contribution in [0.25, 0.3) is 0 Å². The number of aromatic hydroxyl groups is 1. The zero-order valence-electron chi connectivity index (χ0n) is 10.2. The van der Waals surface area contributed by atoms with Gasteiger partial charge in [-0.05, 0) is 20.0 Å². The molecule has 0 saturated heterocycles. The summed E-state index contributed by atoms with van der Waals surface area (Å²) in [5.74, 6) is -0.279. The van der Waals surface area contributed by atoms with Crippen molar-refractivity contribution in [1.29, 1.82) is 5.26 Å². The lowest BCUT2D eigenvalue weighted by atomic mass is 10.1. The summed E-state index contributed by atoms with van der Waals surface area (Å²) in [6.07, 6.45) is 1.49. The predicted molar refractivity (Wildman–Crippen MR) is 66.1 cm³/mol. The Hall–Kier alpha value is -2.22. The van der Waals surface area contributed by atoms with E-state index in [1.807, 2.05) is 6.07 Å². The Morgan fingerprint density at radius 1 is 1.65 bits per heavy atom. The number of rotatable bonds is 3. The zero-order valence-corrected chi connectivity index (χ0v) is 10.2. The summed E-state index contributed by atoms with van der Waals surface area (Å²) in [5.41, 5.74) is 0.609. The van der Waals surface area contributed by atoms with E-state index in [9.17, 15) is 9.90 Å². The molecule has 1 N–H and O–H groups in total. The third-order valence-electron chi connectivity index (χ3n) is 2.71. The van der Waals surface area contributed by atoms with Crippen molar-refractivity contribution in [2.75, 3.05) is 11.9 Å². The van der Waals surface area contributed by atoms with E-state index in [-0.39, 0.29) is 17.0 Å². The largest absolute Gasteiger partial charge is 0.493 e. The molecule has 0 fully saturated rings. The maximum absolute atomic E-state index is 12.1. The Balaban J connectivity index is 3.80. The van der Waals surface area contributed by atoms with E-state index in [4.69, 9.17) is 5.26 Å². The summed E-state index contributed by atoms with van der Waals surface area (Å²) in [4.78, 5) is 13.7. The van der Waals surface area contributed by atoms with E-state index >= 15 is 0 Å². The molecule has 1 rings (SSSR count). The molecule has 5 nitrogen and oxygen atoms in total. The van der Waals surface area contributed by atoms with Crippen molar-refractivity contribution in [3.05, 3.63) is 34.3 Å². The van der Waals surface area contributed by atoms with Gasteiger partial charge in [-0.2, -0.15) is 5.26 Å². The molecule has 0 atom stereocenters. The molecule has 0 aliphatic rings. The normalized spacial score (nSPS) is 9.76. The Morgan fingerprint density at radius 2 is 2.24 bits per heavy atom. The van der Waals surface area contributed by atoms with Gasteiger partial charge >= 0.3 is 0 Å². The molecule has 0 bridgehead atoms. The van der Waals surface area contributed by atoms with Gasteiger partial charge < -0.3 is 10.0 Å². The molecule has 0 spiro atoms. The molecule has 1 aromatic rings. The molecule has 1 heterocycles. The van der Waals surface area contributed by atoms with Crippen LogP contribution in [0, 0.1) is 18.3 Å². The number of nitrogens with zero attached hydrogens (tertiary/aromatic N) is 3. The van der Waals surface area contributed by atoms with Crippen LogP contribution in [0.3, 0.4) is 0 Å². The molecule has 0 aliphatic carbocycles. The Labute approximate surface area is 99.8 Å². The number of aromatic nitrogens is 1. The summed E-state index contributed by atoms with van der Waals surface area (Å²) in [6.45, 7) is 7.25. The first-order chi connectivity index (χ1) is 7.99. The molecule has 90 valence electrons. The van der Waals surface area contributed by atoms with Crippen LogP contribution in [0.5, 0.6) is 5.88 Å². The van der Waals surface area contributed by atoms with Crippen LogP contribution in [0.1, 0.15) is 18.1 Å². The summed E-state index contributed by atoms with van der Waals surface area (Å²) < 4.78 is 1.17. The third-order valence-corrected chi connectivity index (χ3v) is 2.71. The van der Waals surface area contributed by atoms with Gasteiger partial charge in [0.25, 0.3) is 5.56 Å². The van der Waals surface area contributed by atoms with Crippen LogP contribution in [-0.2, 0) is 6.54 Å². The molecule has 0 saturated carbocycles. The Bertz CT molecular complexity index is 552. The maximum atomic E-state index is 12.1. The van der Waals surface area contributed by atoms with E-state index in [0.717, 1.165) is 0 Å². The molecule has 5 heteroatoms. The van der Waals surface area contributed by atoms with Gasteiger partial charge in [0.15, 0.2) is 0 Å². The van der Waals surface area contributed by atoms with Crippen LogP contribution in [0.15, 0.2) is 17.6 Å². The third kappa shape index (κ3) is 1.89. The maximum Gasteiger partial charge on any atom is 0.277 e. The minimum absolute atomic E-state index is 0.121. The molecule has 0 aromatic carbocycles. The van der Waals surface area contributed by atoms with Crippen molar-refractivity contribution in [3.8, 4) is 11.9 Å². The zero-order chi connectivity index (χ0) is 13.2. The highest BCUT2D eigenvalue weighted by Gasteiger charge is 2.19. The molecule has 0 radical (unpaired) electrons. The lowest BCUT2D eigenvalue weighted by Gasteiger charge is -2.19. The smallest absolute Gasteiger partial charge is 0.277 e. The van der Waals surface area contributed by atoms with Crippen LogP contribution in [0.4, 0.5) is 5.69 Å². The fraction of sp³-hybridized carbons (Fsp3) is 0.333. The van der Waals surface area contributed by atoms with Gasteiger partial charge in [-0.1, -0.05) is 6.58 Å². The monoisotopic (exact) mass is 233 g/mol. The second kappa shape index (κ2) is 4.74. The fourth-order valence-electron chi connectivity index (χ4n) is 1.74. The predicted octanol–water partition coefficient (Wildman–Crippen LogP) is 1.33. The van der Waals surface area contributed by atoms with Crippen molar-refractivity contribution in [1.82, 2.24) is 4.57 Å². The Morgan fingerprint density at radius 3 is 2.65 bits per heavy atom. The summed E-state index contributed by atoms with van der Waals surface area (Å²) in [5, 5.41) is 18.8.